The molecule has 0 saturated heterocycles. The molecule has 4 unspecified atom stereocenters. The summed E-state index contributed by atoms with van der Waals surface area (Å²) < 4.78 is 71.1. The highest BCUT2D eigenvalue weighted by Crippen LogP contribution is 2.48. The van der Waals surface area contributed by atoms with Gasteiger partial charge in [0.05, 0.1) is 5.56 Å². The van der Waals surface area contributed by atoms with Gasteiger partial charge < -0.3 is 4.74 Å². The van der Waals surface area contributed by atoms with Gasteiger partial charge in [-0.15, -0.1) is 0 Å². The van der Waals surface area contributed by atoms with E-state index in [9.17, 15) is 22.0 Å². The van der Waals surface area contributed by atoms with Crippen molar-refractivity contribution < 1.29 is 26.7 Å². The van der Waals surface area contributed by atoms with E-state index in [1.807, 2.05) is 6.07 Å². The summed E-state index contributed by atoms with van der Waals surface area (Å²) in [7, 11) is 0. The summed E-state index contributed by atoms with van der Waals surface area (Å²) in [6.45, 7) is -1.28. The standard InChI is InChI=1S/C30H31F5O/c1-2-3-4-5-19-6-9-23-17-24(13-12-22(23)14-19)25-11-10-21(26(31)18-25)8-7-20-15-27(32)29(28(33)16-20)36-30(34)35/h2-3,10-11,15-16,18-19,22-24,30H,4-6,9,12-14,17H2,1H3/b3-2+. The summed E-state index contributed by atoms with van der Waals surface area (Å²) in [4.78, 5) is 0. The predicted octanol–water partition coefficient (Wildman–Crippen LogP) is 8.76. The quantitative estimate of drug-likeness (QED) is 0.218. The van der Waals surface area contributed by atoms with Crippen LogP contribution in [0, 0.1) is 47.0 Å². The largest absolute Gasteiger partial charge is 0.429 e. The van der Waals surface area contributed by atoms with Gasteiger partial charge in [0.25, 0.3) is 0 Å². The number of allylic oxidation sites excluding steroid dienone is 2. The topological polar surface area (TPSA) is 9.23 Å². The fourth-order valence-electron chi connectivity index (χ4n) is 5.91. The van der Waals surface area contributed by atoms with Crippen molar-refractivity contribution in [2.24, 2.45) is 17.8 Å². The van der Waals surface area contributed by atoms with Gasteiger partial charge in [-0.25, -0.2) is 13.2 Å². The van der Waals surface area contributed by atoms with Crippen LogP contribution in [0.4, 0.5) is 22.0 Å². The highest BCUT2D eigenvalue weighted by Gasteiger charge is 2.35. The minimum atomic E-state index is -3.35. The van der Waals surface area contributed by atoms with E-state index in [1.54, 1.807) is 6.07 Å². The van der Waals surface area contributed by atoms with Crippen molar-refractivity contribution in [2.75, 3.05) is 0 Å². The average Bonchev–Trinajstić information content (AvgIpc) is 2.85. The summed E-state index contributed by atoms with van der Waals surface area (Å²) in [5.41, 5.74) is 0.981. The van der Waals surface area contributed by atoms with Crippen LogP contribution in [0.5, 0.6) is 5.75 Å². The Labute approximate surface area is 209 Å². The molecular weight excluding hydrogens is 471 g/mol. The maximum absolute atomic E-state index is 14.8. The predicted molar refractivity (Wildman–Crippen MR) is 130 cm³/mol. The Morgan fingerprint density at radius 2 is 1.64 bits per heavy atom. The van der Waals surface area contributed by atoms with Crippen LogP contribution in [-0.4, -0.2) is 6.61 Å². The number of rotatable bonds is 6. The second kappa shape index (κ2) is 12.0. The third-order valence-corrected chi connectivity index (χ3v) is 7.71. The van der Waals surface area contributed by atoms with Gasteiger partial charge in [-0.2, -0.15) is 8.78 Å². The van der Waals surface area contributed by atoms with Crippen LogP contribution in [-0.2, 0) is 0 Å². The van der Waals surface area contributed by atoms with Crippen molar-refractivity contribution in [3.63, 3.8) is 0 Å². The molecule has 0 spiro atoms. The van der Waals surface area contributed by atoms with Gasteiger partial charge >= 0.3 is 6.61 Å². The first-order chi connectivity index (χ1) is 17.3. The molecule has 0 N–H and O–H groups in total. The monoisotopic (exact) mass is 502 g/mol. The van der Waals surface area contributed by atoms with E-state index in [2.05, 4.69) is 35.7 Å². The molecule has 0 amide bonds. The zero-order chi connectivity index (χ0) is 25.7. The lowest BCUT2D eigenvalue weighted by atomic mass is 9.63. The normalized spacial score (nSPS) is 23.9. The minimum Gasteiger partial charge on any atom is -0.429 e. The molecule has 2 aliphatic carbocycles. The Morgan fingerprint density at radius 3 is 2.33 bits per heavy atom. The minimum absolute atomic E-state index is 0.102. The molecule has 6 heteroatoms. The maximum Gasteiger partial charge on any atom is 0.387 e. The van der Waals surface area contributed by atoms with Crippen LogP contribution < -0.4 is 4.74 Å². The Kier molecular flexibility index (Phi) is 8.72. The third kappa shape index (κ3) is 6.49. The lowest BCUT2D eigenvalue weighted by Crippen LogP contribution is -2.30. The Morgan fingerprint density at radius 1 is 0.917 bits per heavy atom. The van der Waals surface area contributed by atoms with E-state index >= 15 is 0 Å². The maximum atomic E-state index is 14.8. The molecule has 192 valence electrons. The summed E-state index contributed by atoms with van der Waals surface area (Å²) in [5.74, 6) is 3.50. The van der Waals surface area contributed by atoms with Gasteiger partial charge in [-0.3, -0.25) is 0 Å². The van der Waals surface area contributed by atoms with Crippen LogP contribution in [0.15, 0.2) is 42.5 Å². The highest BCUT2D eigenvalue weighted by molar-refractivity contribution is 5.46. The highest BCUT2D eigenvalue weighted by atomic mass is 19.3. The number of hydrogen-bond donors (Lipinski definition) is 0. The van der Waals surface area contributed by atoms with Gasteiger partial charge in [-0.05, 0) is 105 Å². The molecule has 4 atom stereocenters. The van der Waals surface area contributed by atoms with Crippen LogP contribution in [0.3, 0.4) is 0 Å². The van der Waals surface area contributed by atoms with Crippen LogP contribution in [0.25, 0.3) is 0 Å². The number of benzene rings is 2. The van der Waals surface area contributed by atoms with Crippen molar-refractivity contribution in [3.05, 3.63) is 76.6 Å². The fraction of sp³-hybridized carbons (Fsp3) is 0.467. The molecule has 2 fully saturated rings. The van der Waals surface area contributed by atoms with Gasteiger partial charge in [0.1, 0.15) is 5.82 Å². The van der Waals surface area contributed by atoms with Crippen molar-refractivity contribution in [1.82, 2.24) is 0 Å². The van der Waals surface area contributed by atoms with E-state index < -0.39 is 29.8 Å². The SMILES string of the molecule is C/C=C/CCC1CCC2CC(c3ccc(C#Cc4cc(F)c(OC(F)F)c(F)c4)c(F)c3)CCC2C1. The molecule has 0 bridgehead atoms. The molecular formula is C30H31F5O. The molecule has 0 aliphatic heterocycles. The zero-order valence-electron chi connectivity index (χ0n) is 20.4. The number of fused-ring (bicyclic) bond motifs is 1. The lowest BCUT2D eigenvalue weighted by Gasteiger charge is -2.42. The van der Waals surface area contributed by atoms with Gasteiger partial charge in [0.15, 0.2) is 17.4 Å². The smallest absolute Gasteiger partial charge is 0.387 e. The van der Waals surface area contributed by atoms with Crippen LogP contribution in [0.2, 0.25) is 0 Å². The Hall–Kier alpha value is -2.81. The molecule has 2 aromatic carbocycles. The number of alkyl halides is 2. The molecule has 36 heavy (non-hydrogen) atoms. The number of halogens is 5. The van der Waals surface area contributed by atoms with Crippen LogP contribution >= 0.6 is 0 Å². The Balaban J connectivity index is 1.39. The molecule has 2 aromatic rings. The molecule has 0 radical (unpaired) electrons. The van der Waals surface area contributed by atoms with E-state index in [0.717, 1.165) is 48.8 Å². The van der Waals surface area contributed by atoms with Gasteiger partial charge in [0.2, 0.25) is 0 Å². The first kappa shape index (κ1) is 26.3. The summed E-state index contributed by atoms with van der Waals surface area (Å²) in [6, 6.07) is 6.59. The second-order valence-corrected chi connectivity index (χ2v) is 9.99. The number of ether oxygens (including phenoxy) is 1. The van der Waals surface area contributed by atoms with Crippen molar-refractivity contribution in [2.45, 2.75) is 70.8 Å². The van der Waals surface area contributed by atoms with E-state index in [-0.39, 0.29) is 11.1 Å². The van der Waals surface area contributed by atoms with Crippen molar-refractivity contribution in [3.8, 4) is 17.6 Å². The molecule has 2 saturated carbocycles. The Bertz CT molecular complexity index is 1120. The lowest BCUT2D eigenvalue weighted by molar-refractivity contribution is -0.0546. The summed E-state index contributed by atoms with van der Waals surface area (Å²) in [6.07, 6.45) is 14.0. The van der Waals surface area contributed by atoms with E-state index in [4.69, 9.17) is 0 Å². The number of hydrogen-bond acceptors (Lipinski definition) is 1. The second-order valence-electron chi connectivity index (χ2n) is 9.99. The van der Waals surface area contributed by atoms with E-state index in [0.29, 0.717) is 11.8 Å². The van der Waals surface area contributed by atoms with Crippen molar-refractivity contribution >= 4 is 0 Å². The fourth-order valence-corrected chi connectivity index (χ4v) is 5.91. The van der Waals surface area contributed by atoms with E-state index in [1.165, 1.54) is 38.2 Å². The van der Waals surface area contributed by atoms with Gasteiger partial charge in [0, 0.05) is 5.56 Å². The molecule has 2 aliphatic rings. The van der Waals surface area contributed by atoms with Crippen molar-refractivity contribution in [1.29, 1.82) is 0 Å². The summed E-state index contributed by atoms with van der Waals surface area (Å²) >= 11 is 0. The molecule has 0 aromatic heterocycles. The first-order valence-electron chi connectivity index (χ1n) is 12.7. The molecule has 4 rings (SSSR count). The first-order valence-corrected chi connectivity index (χ1v) is 12.7. The molecule has 1 nitrogen and oxygen atoms in total. The third-order valence-electron chi connectivity index (χ3n) is 7.71. The van der Waals surface area contributed by atoms with Gasteiger partial charge in [-0.1, -0.05) is 36.5 Å². The average molecular weight is 503 g/mol. The molecule has 0 heterocycles. The summed E-state index contributed by atoms with van der Waals surface area (Å²) in [5, 5.41) is 0. The zero-order valence-corrected chi connectivity index (χ0v) is 20.4. The van der Waals surface area contributed by atoms with Crippen LogP contribution in [0.1, 0.15) is 80.9 Å².